The molecule has 0 unspecified atom stereocenters. The smallest absolute Gasteiger partial charge is 0.231 e. The van der Waals surface area contributed by atoms with Crippen molar-refractivity contribution in [2.75, 3.05) is 5.32 Å². The number of aromatic nitrogens is 1. The highest BCUT2D eigenvalue weighted by Gasteiger charge is 2.11. The lowest BCUT2D eigenvalue weighted by Crippen LogP contribution is -2.13. The summed E-state index contributed by atoms with van der Waals surface area (Å²) < 4.78 is 1.11. The van der Waals surface area contributed by atoms with Crippen molar-refractivity contribution in [1.82, 2.24) is 4.98 Å². The van der Waals surface area contributed by atoms with Gasteiger partial charge in [0.05, 0.1) is 16.6 Å². The fourth-order valence-corrected chi connectivity index (χ4v) is 3.66. The van der Waals surface area contributed by atoms with E-state index in [0.717, 1.165) is 15.1 Å². The maximum absolute atomic E-state index is 12.0. The molecule has 102 valence electrons. The fraction of sp³-hybridized carbons (Fsp3) is 0.200. The monoisotopic (exact) mass is 302 g/mol. The van der Waals surface area contributed by atoms with E-state index < -0.39 is 0 Å². The Balaban J connectivity index is 1.81. The summed E-state index contributed by atoms with van der Waals surface area (Å²) in [6.07, 6.45) is 0.408. The zero-order valence-corrected chi connectivity index (χ0v) is 12.9. The van der Waals surface area contributed by atoms with E-state index in [1.54, 1.807) is 11.3 Å². The van der Waals surface area contributed by atoms with Crippen LogP contribution in [0.2, 0.25) is 0 Å². The van der Waals surface area contributed by atoms with Crippen LogP contribution in [0.3, 0.4) is 0 Å². The Morgan fingerprint density at radius 2 is 2.15 bits per heavy atom. The van der Waals surface area contributed by atoms with Gasteiger partial charge in [-0.1, -0.05) is 23.5 Å². The Morgan fingerprint density at radius 1 is 1.30 bits per heavy atom. The molecule has 0 spiro atoms. The number of nitrogens with zero attached hydrogens (tertiary/aromatic N) is 1. The first kappa shape index (κ1) is 13.3. The maximum Gasteiger partial charge on any atom is 0.231 e. The standard InChI is InChI=1S/C15H14N2OS2/c1-9-5-6-12-14(10(9)2)17-15(20-12)16-13(18)8-11-4-3-7-19-11/h3-7H,8H2,1-2H3,(H,16,17,18). The summed E-state index contributed by atoms with van der Waals surface area (Å²) in [6.45, 7) is 4.14. The van der Waals surface area contributed by atoms with Crippen molar-refractivity contribution in [3.63, 3.8) is 0 Å². The van der Waals surface area contributed by atoms with Crippen molar-refractivity contribution in [2.24, 2.45) is 0 Å². The Labute approximate surface area is 125 Å². The summed E-state index contributed by atoms with van der Waals surface area (Å²) in [5, 5.41) is 5.55. The van der Waals surface area contributed by atoms with Crippen LogP contribution in [0.5, 0.6) is 0 Å². The Bertz CT molecular complexity index is 760. The van der Waals surface area contributed by atoms with Crippen LogP contribution in [-0.4, -0.2) is 10.9 Å². The van der Waals surface area contributed by atoms with Gasteiger partial charge < -0.3 is 5.32 Å². The molecule has 3 rings (SSSR count). The Hall–Kier alpha value is -1.72. The van der Waals surface area contributed by atoms with Gasteiger partial charge in [0.15, 0.2) is 5.13 Å². The van der Waals surface area contributed by atoms with Gasteiger partial charge >= 0.3 is 0 Å². The maximum atomic E-state index is 12.0. The van der Waals surface area contributed by atoms with E-state index in [9.17, 15) is 4.79 Å². The quantitative estimate of drug-likeness (QED) is 0.789. The lowest BCUT2D eigenvalue weighted by molar-refractivity contribution is -0.115. The summed E-state index contributed by atoms with van der Waals surface area (Å²) in [5.41, 5.74) is 3.39. The molecule has 5 heteroatoms. The largest absolute Gasteiger partial charge is 0.302 e. The third-order valence-corrected chi connectivity index (χ3v) is 5.06. The average Bonchev–Trinajstić information content (AvgIpc) is 3.03. The first-order chi connectivity index (χ1) is 9.63. The molecule has 0 saturated heterocycles. The Kier molecular flexibility index (Phi) is 3.54. The van der Waals surface area contributed by atoms with E-state index in [2.05, 4.69) is 36.3 Å². The van der Waals surface area contributed by atoms with E-state index in [1.165, 1.54) is 22.5 Å². The number of anilines is 1. The van der Waals surface area contributed by atoms with E-state index in [1.807, 2.05) is 17.5 Å². The molecule has 1 amide bonds. The van der Waals surface area contributed by atoms with Gasteiger partial charge in [-0.05, 0) is 42.5 Å². The van der Waals surface area contributed by atoms with Crippen molar-refractivity contribution < 1.29 is 4.79 Å². The molecule has 0 fully saturated rings. The number of aryl methyl sites for hydroxylation is 2. The van der Waals surface area contributed by atoms with Gasteiger partial charge in [0.25, 0.3) is 0 Å². The highest BCUT2D eigenvalue weighted by atomic mass is 32.1. The lowest BCUT2D eigenvalue weighted by atomic mass is 10.1. The van der Waals surface area contributed by atoms with E-state index in [4.69, 9.17) is 0 Å². The molecular weight excluding hydrogens is 288 g/mol. The van der Waals surface area contributed by atoms with Crippen LogP contribution >= 0.6 is 22.7 Å². The predicted molar refractivity (Wildman–Crippen MR) is 85.7 cm³/mol. The third-order valence-electron chi connectivity index (χ3n) is 3.25. The molecule has 0 aliphatic rings. The van der Waals surface area contributed by atoms with Gasteiger partial charge in [0.2, 0.25) is 5.91 Å². The molecule has 1 N–H and O–H groups in total. The van der Waals surface area contributed by atoms with Crippen molar-refractivity contribution >= 4 is 43.9 Å². The van der Waals surface area contributed by atoms with Crippen LogP contribution in [0.25, 0.3) is 10.2 Å². The zero-order chi connectivity index (χ0) is 14.1. The van der Waals surface area contributed by atoms with Gasteiger partial charge in [0, 0.05) is 4.88 Å². The van der Waals surface area contributed by atoms with Crippen molar-refractivity contribution in [3.05, 3.63) is 45.6 Å². The number of carbonyl (C=O) groups is 1. The lowest BCUT2D eigenvalue weighted by Gasteiger charge is -1.99. The number of carbonyl (C=O) groups excluding carboxylic acids is 1. The van der Waals surface area contributed by atoms with E-state index in [-0.39, 0.29) is 5.91 Å². The van der Waals surface area contributed by atoms with Crippen LogP contribution < -0.4 is 5.32 Å². The second-order valence-electron chi connectivity index (χ2n) is 4.68. The number of thiophene rings is 1. The molecule has 1 aromatic carbocycles. The molecule has 0 bridgehead atoms. The number of hydrogen-bond acceptors (Lipinski definition) is 4. The van der Waals surface area contributed by atoms with Gasteiger partial charge in [-0.25, -0.2) is 4.98 Å². The Morgan fingerprint density at radius 3 is 2.90 bits per heavy atom. The second-order valence-corrected chi connectivity index (χ2v) is 6.74. The SMILES string of the molecule is Cc1ccc2sc(NC(=O)Cc3cccs3)nc2c1C. The summed E-state index contributed by atoms with van der Waals surface area (Å²) in [4.78, 5) is 17.6. The summed E-state index contributed by atoms with van der Waals surface area (Å²) in [6, 6.07) is 8.07. The molecule has 0 saturated carbocycles. The normalized spacial score (nSPS) is 10.9. The van der Waals surface area contributed by atoms with Gasteiger partial charge in [0.1, 0.15) is 0 Å². The number of hydrogen-bond donors (Lipinski definition) is 1. The molecule has 20 heavy (non-hydrogen) atoms. The van der Waals surface area contributed by atoms with E-state index >= 15 is 0 Å². The molecule has 3 aromatic rings. The molecular formula is C15H14N2OS2. The van der Waals surface area contributed by atoms with Crippen LogP contribution in [-0.2, 0) is 11.2 Å². The summed E-state index contributed by atoms with van der Waals surface area (Å²) >= 11 is 3.11. The highest BCUT2D eigenvalue weighted by molar-refractivity contribution is 7.22. The third kappa shape index (κ3) is 2.59. The first-order valence-electron chi connectivity index (χ1n) is 6.32. The van der Waals surface area contributed by atoms with Crippen LogP contribution in [0, 0.1) is 13.8 Å². The minimum atomic E-state index is -0.0131. The second kappa shape index (κ2) is 5.34. The highest BCUT2D eigenvalue weighted by Crippen LogP contribution is 2.29. The number of thiazole rings is 1. The number of benzene rings is 1. The number of fused-ring (bicyclic) bond motifs is 1. The number of rotatable bonds is 3. The van der Waals surface area contributed by atoms with Crippen LogP contribution in [0.4, 0.5) is 5.13 Å². The van der Waals surface area contributed by atoms with E-state index in [0.29, 0.717) is 11.6 Å². The number of amides is 1. The predicted octanol–water partition coefficient (Wildman–Crippen LogP) is 4.16. The topological polar surface area (TPSA) is 42.0 Å². The minimum Gasteiger partial charge on any atom is -0.302 e. The van der Waals surface area contributed by atoms with Crippen molar-refractivity contribution in [2.45, 2.75) is 20.3 Å². The first-order valence-corrected chi connectivity index (χ1v) is 8.02. The molecule has 0 atom stereocenters. The minimum absolute atomic E-state index is 0.0131. The molecule has 0 aliphatic carbocycles. The molecule has 0 radical (unpaired) electrons. The molecule has 2 aromatic heterocycles. The zero-order valence-electron chi connectivity index (χ0n) is 11.3. The van der Waals surface area contributed by atoms with Gasteiger partial charge in [-0.3, -0.25) is 4.79 Å². The van der Waals surface area contributed by atoms with Crippen LogP contribution in [0.1, 0.15) is 16.0 Å². The fourth-order valence-electron chi connectivity index (χ4n) is 2.01. The van der Waals surface area contributed by atoms with Gasteiger partial charge in [-0.15, -0.1) is 11.3 Å². The van der Waals surface area contributed by atoms with Crippen LogP contribution in [0.15, 0.2) is 29.6 Å². The average molecular weight is 302 g/mol. The summed E-state index contributed by atoms with van der Waals surface area (Å²) in [7, 11) is 0. The summed E-state index contributed by atoms with van der Waals surface area (Å²) in [5.74, 6) is -0.0131. The molecule has 2 heterocycles. The number of nitrogens with one attached hydrogen (secondary N) is 1. The molecule has 0 aliphatic heterocycles. The van der Waals surface area contributed by atoms with Crippen molar-refractivity contribution in [1.29, 1.82) is 0 Å². The molecule has 3 nitrogen and oxygen atoms in total. The van der Waals surface area contributed by atoms with Gasteiger partial charge in [-0.2, -0.15) is 0 Å². The van der Waals surface area contributed by atoms with Crippen molar-refractivity contribution in [3.8, 4) is 0 Å².